The Bertz CT molecular complexity index is 520. The van der Waals surface area contributed by atoms with Crippen LogP contribution in [-0.2, 0) is 4.79 Å². The summed E-state index contributed by atoms with van der Waals surface area (Å²) < 4.78 is 5.24. The fourth-order valence-electron chi connectivity index (χ4n) is 3.28. The van der Waals surface area contributed by atoms with Gasteiger partial charge in [-0.3, -0.25) is 9.69 Å². The molecule has 1 saturated heterocycles. The number of amides is 1. The van der Waals surface area contributed by atoms with Gasteiger partial charge in [-0.15, -0.1) is 24.8 Å². The van der Waals surface area contributed by atoms with Crippen molar-refractivity contribution in [3.63, 3.8) is 0 Å². The third kappa shape index (κ3) is 7.31. The number of nitrogens with zero attached hydrogens (tertiary/aromatic N) is 1. The van der Waals surface area contributed by atoms with E-state index in [1.807, 2.05) is 12.1 Å². The lowest BCUT2D eigenvalue weighted by molar-refractivity contribution is -0.122. The average molecular weight is 406 g/mol. The Morgan fingerprint density at radius 3 is 2.27 bits per heavy atom. The second kappa shape index (κ2) is 12.4. The molecule has 26 heavy (non-hydrogen) atoms. The van der Waals surface area contributed by atoms with Gasteiger partial charge in [-0.2, -0.15) is 0 Å². The molecule has 2 rings (SSSR count). The van der Waals surface area contributed by atoms with Crippen LogP contribution in [0.1, 0.15) is 44.7 Å². The molecule has 1 aromatic rings. The molecule has 1 heterocycles. The number of nitrogens with two attached hydrogens (primary N) is 1. The van der Waals surface area contributed by atoms with Gasteiger partial charge in [-0.05, 0) is 56.0 Å². The maximum Gasteiger partial charge on any atom is 0.236 e. The van der Waals surface area contributed by atoms with E-state index in [9.17, 15) is 4.79 Å². The van der Waals surface area contributed by atoms with Gasteiger partial charge in [-0.25, -0.2) is 0 Å². The Hall–Kier alpha value is -1.01. The summed E-state index contributed by atoms with van der Waals surface area (Å²) in [5, 5.41) is 3.06. The summed E-state index contributed by atoms with van der Waals surface area (Å²) in [6, 6.07) is 7.88. The number of carbonyl (C=O) groups is 1. The number of hydrogen-bond acceptors (Lipinski definition) is 4. The minimum atomic E-state index is -0.430. The Kier molecular flexibility index (Phi) is 11.9. The highest BCUT2D eigenvalue weighted by molar-refractivity contribution is 5.85. The predicted octanol–water partition coefficient (Wildman–Crippen LogP) is 3.17. The number of rotatable bonds is 8. The molecule has 0 saturated carbocycles. The Morgan fingerprint density at radius 1 is 1.19 bits per heavy atom. The van der Waals surface area contributed by atoms with Crippen LogP contribution >= 0.6 is 24.8 Å². The third-order valence-corrected chi connectivity index (χ3v) is 4.61. The van der Waals surface area contributed by atoms with E-state index in [0.717, 1.165) is 18.8 Å². The summed E-state index contributed by atoms with van der Waals surface area (Å²) >= 11 is 0. The van der Waals surface area contributed by atoms with Crippen molar-refractivity contribution in [2.75, 3.05) is 26.7 Å². The SMILES string of the molecule is COc1ccc(C(CNC(=O)[C@@H](N)CC(C)C)N2CCCC2)cc1.Cl.Cl. The van der Waals surface area contributed by atoms with Gasteiger partial charge in [0.05, 0.1) is 19.2 Å². The second-order valence-corrected chi connectivity index (χ2v) is 7.01. The smallest absolute Gasteiger partial charge is 0.236 e. The predicted molar refractivity (Wildman–Crippen MR) is 111 cm³/mol. The van der Waals surface area contributed by atoms with Crippen LogP contribution in [0.2, 0.25) is 0 Å². The summed E-state index contributed by atoms with van der Waals surface area (Å²) in [6.07, 6.45) is 3.14. The molecular weight excluding hydrogens is 373 g/mol. The molecule has 0 bridgehead atoms. The topological polar surface area (TPSA) is 67.6 Å². The highest BCUT2D eigenvalue weighted by Crippen LogP contribution is 2.26. The van der Waals surface area contributed by atoms with Gasteiger partial charge in [0.15, 0.2) is 0 Å². The summed E-state index contributed by atoms with van der Waals surface area (Å²) in [7, 11) is 1.67. The van der Waals surface area contributed by atoms with Crippen LogP contribution in [0, 0.1) is 5.92 Å². The second-order valence-electron chi connectivity index (χ2n) is 7.01. The van der Waals surface area contributed by atoms with Gasteiger partial charge in [-0.1, -0.05) is 26.0 Å². The fraction of sp³-hybridized carbons (Fsp3) is 0.632. The maximum atomic E-state index is 12.3. The van der Waals surface area contributed by atoms with Gasteiger partial charge in [0, 0.05) is 6.54 Å². The molecule has 0 spiro atoms. The summed E-state index contributed by atoms with van der Waals surface area (Å²) in [5.41, 5.74) is 7.20. The molecule has 150 valence electrons. The summed E-state index contributed by atoms with van der Waals surface area (Å²) in [5.74, 6) is 1.21. The zero-order valence-corrected chi connectivity index (χ0v) is 17.6. The molecule has 0 aliphatic carbocycles. The van der Waals surface area contributed by atoms with Crippen molar-refractivity contribution in [2.45, 2.75) is 45.2 Å². The van der Waals surface area contributed by atoms with Crippen LogP contribution in [0.15, 0.2) is 24.3 Å². The Balaban J connectivity index is 0.00000312. The van der Waals surface area contributed by atoms with Gasteiger partial charge in [0.2, 0.25) is 5.91 Å². The van der Waals surface area contributed by atoms with E-state index >= 15 is 0 Å². The highest BCUT2D eigenvalue weighted by atomic mass is 35.5. The number of nitrogens with one attached hydrogen (secondary N) is 1. The van der Waals surface area contributed by atoms with Gasteiger partial charge in [0.25, 0.3) is 0 Å². The average Bonchev–Trinajstić information content (AvgIpc) is 3.09. The van der Waals surface area contributed by atoms with Crippen molar-refractivity contribution in [2.24, 2.45) is 11.7 Å². The Labute approximate surface area is 169 Å². The first-order chi connectivity index (χ1) is 11.5. The summed E-state index contributed by atoms with van der Waals surface area (Å²) in [4.78, 5) is 14.7. The van der Waals surface area contributed by atoms with Crippen LogP contribution in [0.5, 0.6) is 5.75 Å². The first-order valence-corrected chi connectivity index (χ1v) is 8.92. The van der Waals surface area contributed by atoms with E-state index in [-0.39, 0.29) is 36.8 Å². The molecule has 0 radical (unpaired) electrons. The molecule has 7 heteroatoms. The van der Waals surface area contributed by atoms with Crippen LogP contribution in [0.25, 0.3) is 0 Å². The Morgan fingerprint density at radius 2 is 1.77 bits per heavy atom. The van der Waals surface area contributed by atoms with Crippen molar-refractivity contribution in [3.8, 4) is 5.75 Å². The van der Waals surface area contributed by atoms with Gasteiger partial charge in [0.1, 0.15) is 5.75 Å². The van der Waals surface area contributed by atoms with Crippen molar-refractivity contribution in [1.82, 2.24) is 10.2 Å². The van der Waals surface area contributed by atoms with Crippen molar-refractivity contribution in [3.05, 3.63) is 29.8 Å². The number of carbonyl (C=O) groups excluding carboxylic acids is 1. The number of halogens is 2. The zero-order valence-electron chi connectivity index (χ0n) is 15.9. The number of methoxy groups -OCH3 is 1. The van der Waals surface area contributed by atoms with E-state index in [4.69, 9.17) is 10.5 Å². The monoisotopic (exact) mass is 405 g/mol. The highest BCUT2D eigenvalue weighted by Gasteiger charge is 2.25. The normalized spacial score (nSPS) is 16.3. The molecule has 1 aliphatic rings. The van der Waals surface area contributed by atoms with Crippen molar-refractivity contribution >= 4 is 30.7 Å². The molecule has 1 amide bonds. The van der Waals surface area contributed by atoms with E-state index < -0.39 is 6.04 Å². The van der Waals surface area contributed by atoms with Crippen LogP contribution in [0.4, 0.5) is 0 Å². The lowest BCUT2D eigenvalue weighted by Crippen LogP contribution is -2.44. The number of hydrogen-bond donors (Lipinski definition) is 2. The molecule has 1 fully saturated rings. The lowest BCUT2D eigenvalue weighted by atomic mass is 10.0. The van der Waals surface area contributed by atoms with E-state index in [0.29, 0.717) is 18.9 Å². The number of likely N-dealkylation sites (tertiary alicyclic amines) is 1. The molecular formula is C19H33Cl2N3O2. The summed E-state index contributed by atoms with van der Waals surface area (Å²) in [6.45, 7) is 6.90. The van der Waals surface area contributed by atoms with Crippen molar-refractivity contribution in [1.29, 1.82) is 0 Å². The van der Waals surface area contributed by atoms with Crippen molar-refractivity contribution < 1.29 is 9.53 Å². The van der Waals surface area contributed by atoms with E-state index in [1.54, 1.807) is 7.11 Å². The van der Waals surface area contributed by atoms with Crippen LogP contribution in [0.3, 0.4) is 0 Å². The minimum absolute atomic E-state index is 0. The fourth-order valence-corrected chi connectivity index (χ4v) is 3.28. The zero-order chi connectivity index (χ0) is 17.5. The quantitative estimate of drug-likeness (QED) is 0.696. The molecule has 2 atom stereocenters. The number of benzene rings is 1. The standard InChI is InChI=1S/C19H31N3O2.2ClH/c1-14(2)12-17(20)19(23)21-13-18(22-10-4-5-11-22)15-6-8-16(24-3)9-7-15;;/h6-9,14,17-18H,4-5,10-13,20H2,1-3H3,(H,21,23);2*1H/t17-,18?;;/m0../s1. The molecule has 1 unspecified atom stereocenters. The van der Waals surface area contributed by atoms with E-state index in [2.05, 4.69) is 36.2 Å². The molecule has 3 N–H and O–H groups in total. The number of ether oxygens (including phenoxy) is 1. The molecule has 5 nitrogen and oxygen atoms in total. The molecule has 0 aromatic heterocycles. The van der Waals surface area contributed by atoms with E-state index in [1.165, 1.54) is 18.4 Å². The largest absolute Gasteiger partial charge is 0.497 e. The molecule has 1 aliphatic heterocycles. The first kappa shape index (κ1) is 25.0. The molecule has 1 aromatic carbocycles. The third-order valence-electron chi connectivity index (χ3n) is 4.61. The van der Waals surface area contributed by atoms with Crippen LogP contribution in [-0.4, -0.2) is 43.6 Å². The van der Waals surface area contributed by atoms with Gasteiger partial charge < -0.3 is 15.8 Å². The maximum absolute atomic E-state index is 12.3. The van der Waals surface area contributed by atoms with Gasteiger partial charge >= 0.3 is 0 Å². The first-order valence-electron chi connectivity index (χ1n) is 8.92. The van der Waals surface area contributed by atoms with Crippen LogP contribution < -0.4 is 15.8 Å². The lowest BCUT2D eigenvalue weighted by Gasteiger charge is -2.29. The minimum Gasteiger partial charge on any atom is -0.497 e.